The number of halogens is 1. The molecule has 3 aromatic rings. The zero-order valence-electron chi connectivity index (χ0n) is 11.3. The minimum absolute atomic E-state index is 0.202. The Morgan fingerprint density at radius 2 is 1.90 bits per heavy atom. The quantitative estimate of drug-likeness (QED) is 0.788. The van der Waals surface area contributed by atoms with Crippen LogP contribution in [0, 0.1) is 12.7 Å². The molecular formula is C16H16FN3. The van der Waals surface area contributed by atoms with Gasteiger partial charge in [-0.2, -0.15) is 0 Å². The Morgan fingerprint density at radius 3 is 2.70 bits per heavy atom. The molecule has 0 amide bonds. The zero-order chi connectivity index (χ0) is 13.9. The van der Waals surface area contributed by atoms with E-state index in [0.29, 0.717) is 6.54 Å². The summed E-state index contributed by atoms with van der Waals surface area (Å²) in [4.78, 5) is 4.52. The van der Waals surface area contributed by atoms with Crippen LogP contribution in [0.5, 0.6) is 0 Å². The summed E-state index contributed by atoms with van der Waals surface area (Å²) in [5, 5.41) is 3.37. The van der Waals surface area contributed by atoms with Gasteiger partial charge in [-0.1, -0.05) is 18.2 Å². The van der Waals surface area contributed by atoms with E-state index >= 15 is 0 Å². The van der Waals surface area contributed by atoms with Crippen molar-refractivity contribution in [3.63, 3.8) is 0 Å². The van der Waals surface area contributed by atoms with E-state index in [0.717, 1.165) is 29.1 Å². The van der Waals surface area contributed by atoms with Gasteiger partial charge in [-0.3, -0.25) is 0 Å². The minimum atomic E-state index is -0.202. The monoisotopic (exact) mass is 269 g/mol. The molecule has 0 radical (unpaired) electrons. The van der Waals surface area contributed by atoms with Crippen molar-refractivity contribution < 1.29 is 4.39 Å². The Bertz CT molecular complexity index is 716. The van der Waals surface area contributed by atoms with E-state index in [9.17, 15) is 4.39 Å². The Hall–Kier alpha value is -2.20. The fourth-order valence-corrected chi connectivity index (χ4v) is 2.30. The molecule has 0 atom stereocenters. The van der Waals surface area contributed by atoms with Crippen LogP contribution in [0.2, 0.25) is 0 Å². The Labute approximate surface area is 117 Å². The summed E-state index contributed by atoms with van der Waals surface area (Å²) in [5.74, 6) is -0.202. The van der Waals surface area contributed by atoms with Crippen LogP contribution >= 0.6 is 0 Å². The van der Waals surface area contributed by atoms with Gasteiger partial charge < -0.3 is 9.72 Å². The topological polar surface area (TPSA) is 29.3 Å². The largest absolute Gasteiger partial charge is 0.307 e. The number of aromatic nitrogens is 2. The highest BCUT2D eigenvalue weighted by atomic mass is 19.1. The first-order valence-electron chi connectivity index (χ1n) is 6.62. The lowest BCUT2D eigenvalue weighted by Gasteiger charge is -2.06. The molecule has 1 aromatic carbocycles. The van der Waals surface area contributed by atoms with Gasteiger partial charge in [-0.25, -0.2) is 9.37 Å². The van der Waals surface area contributed by atoms with Gasteiger partial charge in [0.25, 0.3) is 0 Å². The molecule has 0 saturated carbocycles. The van der Waals surface area contributed by atoms with Crippen molar-refractivity contribution in [2.75, 3.05) is 0 Å². The van der Waals surface area contributed by atoms with Gasteiger partial charge in [0.1, 0.15) is 11.5 Å². The number of hydrogen-bond donors (Lipinski definition) is 1. The van der Waals surface area contributed by atoms with E-state index < -0.39 is 0 Å². The summed E-state index contributed by atoms with van der Waals surface area (Å²) in [7, 11) is 0. The summed E-state index contributed by atoms with van der Waals surface area (Å²) >= 11 is 0. The first-order valence-corrected chi connectivity index (χ1v) is 6.62. The second kappa shape index (κ2) is 5.43. The second-order valence-electron chi connectivity index (χ2n) is 4.80. The number of hydrogen-bond acceptors (Lipinski definition) is 2. The van der Waals surface area contributed by atoms with Crippen molar-refractivity contribution in [3.8, 4) is 0 Å². The van der Waals surface area contributed by atoms with Crippen LogP contribution in [0.1, 0.15) is 17.0 Å². The molecule has 0 aliphatic carbocycles. The molecule has 0 saturated heterocycles. The average molecular weight is 269 g/mol. The van der Waals surface area contributed by atoms with Crippen LogP contribution in [0.15, 0.2) is 48.7 Å². The lowest BCUT2D eigenvalue weighted by molar-refractivity contribution is 0.624. The van der Waals surface area contributed by atoms with Gasteiger partial charge in [-0.15, -0.1) is 0 Å². The third-order valence-corrected chi connectivity index (χ3v) is 3.36. The predicted molar refractivity (Wildman–Crippen MR) is 76.9 cm³/mol. The molecular weight excluding hydrogens is 253 g/mol. The van der Waals surface area contributed by atoms with Crippen LogP contribution in [-0.4, -0.2) is 9.38 Å². The van der Waals surface area contributed by atoms with Crippen molar-refractivity contribution in [1.82, 2.24) is 14.7 Å². The minimum Gasteiger partial charge on any atom is -0.307 e. The first-order chi connectivity index (χ1) is 9.74. The SMILES string of the molecule is Cc1nc2ccccn2c1CNCc1ccc(F)cc1. The van der Waals surface area contributed by atoms with E-state index in [-0.39, 0.29) is 5.82 Å². The molecule has 2 aromatic heterocycles. The molecule has 20 heavy (non-hydrogen) atoms. The lowest BCUT2D eigenvalue weighted by atomic mass is 10.2. The number of nitrogens with one attached hydrogen (secondary N) is 1. The fourth-order valence-electron chi connectivity index (χ4n) is 2.30. The molecule has 2 heterocycles. The fraction of sp³-hybridized carbons (Fsp3) is 0.188. The van der Waals surface area contributed by atoms with Gasteiger partial charge in [-0.05, 0) is 36.8 Å². The summed E-state index contributed by atoms with van der Waals surface area (Å²) < 4.78 is 14.9. The molecule has 3 rings (SSSR count). The maximum atomic E-state index is 12.8. The van der Waals surface area contributed by atoms with Crippen molar-refractivity contribution in [1.29, 1.82) is 0 Å². The lowest BCUT2D eigenvalue weighted by Crippen LogP contribution is -2.14. The molecule has 102 valence electrons. The maximum Gasteiger partial charge on any atom is 0.137 e. The normalized spacial score (nSPS) is 11.1. The van der Waals surface area contributed by atoms with Gasteiger partial charge in [0.05, 0.1) is 11.4 Å². The molecule has 0 spiro atoms. The van der Waals surface area contributed by atoms with E-state index in [2.05, 4.69) is 14.7 Å². The third-order valence-electron chi connectivity index (χ3n) is 3.36. The van der Waals surface area contributed by atoms with E-state index in [1.165, 1.54) is 12.1 Å². The molecule has 0 fully saturated rings. The molecule has 3 nitrogen and oxygen atoms in total. The first kappa shape index (κ1) is 12.8. The van der Waals surface area contributed by atoms with E-state index in [1.54, 1.807) is 12.1 Å². The number of pyridine rings is 1. The summed E-state index contributed by atoms with van der Waals surface area (Å²) in [5.41, 5.74) is 4.21. The van der Waals surface area contributed by atoms with Crippen LogP contribution < -0.4 is 5.32 Å². The summed E-state index contributed by atoms with van der Waals surface area (Å²) in [6.07, 6.45) is 2.02. The van der Waals surface area contributed by atoms with Crippen LogP contribution in [0.3, 0.4) is 0 Å². The Balaban J connectivity index is 1.71. The van der Waals surface area contributed by atoms with Crippen molar-refractivity contribution in [3.05, 3.63) is 71.4 Å². The van der Waals surface area contributed by atoms with Crippen molar-refractivity contribution >= 4 is 5.65 Å². The molecule has 0 unspecified atom stereocenters. The molecule has 0 bridgehead atoms. The molecule has 4 heteroatoms. The highest BCUT2D eigenvalue weighted by Crippen LogP contribution is 2.11. The summed E-state index contributed by atoms with van der Waals surface area (Å²) in [6, 6.07) is 12.5. The van der Waals surface area contributed by atoms with Crippen LogP contribution in [-0.2, 0) is 13.1 Å². The van der Waals surface area contributed by atoms with Gasteiger partial charge in [0.2, 0.25) is 0 Å². The summed E-state index contributed by atoms with van der Waals surface area (Å²) in [6.45, 7) is 3.45. The maximum absolute atomic E-state index is 12.8. The molecule has 1 N–H and O–H groups in total. The molecule has 0 aliphatic rings. The zero-order valence-corrected chi connectivity index (χ0v) is 11.3. The van der Waals surface area contributed by atoms with Crippen LogP contribution in [0.4, 0.5) is 4.39 Å². The van der Waals surface area contributed by atoms with Gasteiger partial charge in [0, 0.05) is 19.3 Å². The van der Waals surface area contributed by atoms with Gasteiger partial charge in [0.15, 0.2) is 0 Å². The molecule has 0 aliphatic heterocycles. The number of rotatable bonds is 4. The third kappa shape index (κ3) is 2.56. The van der Waals surface area contributed by atoms with Crippen LogP contribution in [0.25, 0.3) is 5.65 Å². The number of nitrogens with zero attached hydrogens (tertiary/aromatic N) is 2. The number of fused-ring (bicyclic) bond motifs is 1. The standard InChI is InChI=1S/C16H16FN3/c1-12-15(20-9-3-2-4-16(20)19-12)11-18-10-13-5-7-14(17)8-6-13/h2-9,18H,10-11H2,1H3. The Morgan fingerprint density at radius 1 is 1.10 bits per heavy atom. The average Bonchev–Trinajstić information content (AvgIpc) is 2.77. The van der Waals surface area contributed by atoms with E-state index in [1.807, 2.05) is 31.3 Å². The van der Waals surface area contributed by atoms with Crippen molar-refractivity contribution in [2.45, 2.75) is 20.0 Å². The van der Waals surface area contributed by atoms with E-state index in [4.69, 9.17) is 0 Å². The predicted octanol–water partition coefficient (Wildman–Crippen LogP) is 3.07. The number of imidazole rings is 1. The smallest absolute Gasteiger partial charge is 0.137 e. The number of aryl methyl sites for hydroxylation is 1. The number of benzene rings is 1. The highest BCUT2D eigenvalue weighted by Gasteiger charge is 2.07. The highest BCUT2D eigenvalue weighted by molar-refractivity contribution is 5.42. The Kier molecular flexibility index (Phi) is 3.48. The second-order valence-corrected chi connectivity index (χ2v) is 4.80. The van der Waals surface area contributed by atoms with Crippen molar-refractivity contribution in [2.24, 2.45) is 0 Å². The van der Waals surface area contributed by atoms with Gasteiger partial charge >= 0.3 is 0 Å².